The summed E-state index contributed by atoms with van der Waals surface area (Å²) in [6.45, 7) is 4.00. The highest BCUT2D eigenvalue weighted by Gasteiger charge is 2.17. The summed E-state index contributed by atoms with van der Waals surface area (Å²) in [4.78, 5) is 36.6. The molecular weight excluding hydrogens is 336 g/mol. The van der Waals surface area contributed by atoms with Crippen LogP contribution in [0.5, 0.6) is 0 Å². The van der Waals surface area contributed by atoms with Crippen LogP contribution in [0, 0.1) is 0 Å². The molecule has 0 bridgehead atoms. The lowest BCUT2D eigenvalue weighted by Crippen LogP contribution is -2.38. The lowest BCUT2D eigenvalue weighted by molar-refractivity contribution is -0.116. The van der Waals surface area contributed by atoms with Crippen LogP contribution in [0.25, 0.3) is 11.2 Å². The van der Waals surface area contributed by atoms with E-state index in [4.69, 9.17) is 0 Å². The van der Waals surface area contributed by atoms with E-state index in [1.165, 1.54) is 28.9 Å². The number of nitrogens with one attached hydrogen (secondary N) is 1. The van der Waals surface area contributed by atoms with Crippen molar-refractivity contribution in [3.8, 4) is 0 Å². The number of nitrogens with zero attached hydrogens (tertiary/aromatic N) is 5. The second-order valence-electron chi connectivity index (χ2n) is 6.45. The van der Waals surface area contributed by atoms with Gasteiger partial charge in [-0.15, -0.1) is 5.10 Å². The van der Waals surface area contributed by atoms with Gasteiger partial charge in [0, 0.05) is 19.8 Å². The number of rotatable bonds is 4. The Morgan fingerprint density at radius 3 is 2.38 bits per heavy atom. The number of carbonyl (C=O) groups excluding carboxylic acids is 1. The Kier molecular flexibility index (Phi) is 4.45. The number of amides is 1. The summed E-state index contributed by atoms with van der Waals surface area (Å²) in [7, 11) is 2.87. The van der Waals surface area contributed by atoms with Crippen LogP contribution in [0.4, 0.5) is 5.69 Å². The van der Waals surface area contributed by atoms with Crippen LogP contribution in [0.15, 0.2) is 33.9 Å². The number of benzene rings is 1. The summed E-state index contributed by atoms with van der Waals surface area (Å²) in [5.74, 6) is 0.0640. The zero-order valence-electron chi connectivity index (χ0n) is 15.1. The lowest BCUT2D eigenvalue weighted by atomic mass is 10.0. The summed E-state index contributed by atoms with van der Waals surface area (Å²) < 4.78 is 3.39. The van der Waals surface area contributed by atoms with Crippen LogP contribution in [-0.2, 0) is 25.4 Å². The molecule has 0 saturated heterocycles. The van der Waals surface area contributed by atoms with E-state index in [2.05, 4.69) is 29.5 Å². The van der Waals surface area contributed by atoms with E-state index in [0.717, 1.165) is 4.57 Å². The fourth-order valence-electron chi connectivity index (χ4n) is 2.70. The molecule has 0 aliphatic rings. The Labute approximate surface area is 148 Å². The van der Waals surface area contributed by atoms with Crippen LogP contribution in [0.3, 0.4) is 0 Å². The molecule has 0 atom stereocenters. The maximum atomic E-state index is 12.3. The monoisotopic (exact) mass is 356 g/mol. The number of hydrogen-bond acceptors (Lipinski definition) is 5. The van der Waals surface area contributed by atoms with Crippen molar-refractivity contribution in [2.24, 2.45) is 14.1 Å². The number of hydrogen-bond donors (Lipinski definition) is 1. The van der Waals surface area contributed by atoms with Gasteiger partial charge in [0.1, 0.15) is 6.54 Å². The molecule has 0 radical (unpaired) electrons. The second kappa shape index (κ2) is 6.58. The first-order valence-corrected chi connectivity index (χ1v) is 8.18. The van der Waals surface area contributed by atoms with Crippen molar-refractivity contribution in [2.75, 3.05) is 5.32 Å². The number of carbonyl (C=O) groups is 1. The zero-order valence-corrected chi connectivity index (χ0v) is 15.1. The molecule has 1 N–H and O–H groups in total. The van der Waals surface area contributed by atoms with Gasteiger partial charge in [-0.2, -0.15) is 0 Å². The predicted molar refractivity (Wildman–Crippen MR) is 97.2 cm³/mol. The first kappa shape index (κ1) is 17.6. The van der Waals surface area contributed by atoms with E-state index in [9.17, 15) is 14.4 Å². The Morgan fingerprint density at radius 2 is 1.77 bits per heavy atom. The quantitative estimate of drug-likeness (QED) is 0.737. The van der Waals surface area contributed by atoms with Crippen LogP contribution in [0.1, 0.15) is 25.3 Å². The van der Waals surface area contributed by atoms with Gasteiger partial charge in [-0.25, -0.2) is 9.48 Å². The van der Waals surface area contributed by atoms with Crippen molar-refractivity contribution >= 4 is 22.8 Å². The van der Waals surface area contributed by atoms with Gasteiger partial charge in [0.2, 0.25) is 5.91 Å². The standard InChI is InChI=1S/C17H20N6O3/c1-10(2)11-5-7-12(8-6-11)18-13(24)9-23-14-15(19-20-23)21(3)17(26)22(4)16(14)25/h5-8,10H,9H2,1-4H3,(H,18,24). The van der Waals surface area contributed by atoms with Crippen molar-refractivity contribution in [1.82, 2.24) is 24.1 Å². The Balaban J connectivity index is 1.86. The molecule has 3 rings (SSSR count). The highest BCUT2D eigenvalue weighted by molar-refractivity contribution is 5.91. The van der Waals surface area contributed by atoms with Gasteiger partial charge in [-0.3, -0.25) is 18.7 Å². The van der Waals surface area contributed by atoms with Gasteiger partial charge in [-0.1, -0.05) is 31.2 Å². The molecule has 9 heteroatoms. The van der Waals surface area contributed by atoms with Gasteiger partial charge in [0.15, 0.2) is 11.2 Å². The van der Waals surface area contributed by atoms with E-state index in [1.807, 2.05) is 24.3 Å². The topological polar surface area (TPSA) is 104 Å². The predicted octanol–water partition coefficient (Wildman–Crippen LogP) is 0.591. The second-order valence-corrected chi connectivity index (χ2v) is 6.45. The van der Waals surface area contributed by atoms with Crippen molar-refractivity contribution in [1.29, 1.82) is 0 Å². The lowest BCUT2D eigenvalue weighted by Gasteiger charge is -2.09. The minimum absolute atomic E-state index is 0.111. The smallest absolute Gasteiger partial charge is 0.324 e. The normalized spacial score (nSPS) is 11.3. The number of anilines is 1. The Morgan fingerprint density at radius 1 is 1.12 bits per heavy atom. The third kappa shape index (κ3) is 3.03. The fourth-order valence-corrected chi connectivity index (χ4v) is 2.70. The van der Waals surface area contributed by atoms with Gasteiger partial charge in [-0.05, 0) is 23.6 Å². The first-order chi connectivity index (χ1) is 12.3. The molecule has 0 fully saturated rings. The van der Waals surface area contributed by atoms with Crippen molar-refractivity contribution < 1.29 is 4.79 Å². The molecule has 2 aromatic heterocycles. The summed E-state index contributed by atoms with van der Waals surface area (Å²) in [5, 5.41) is 10.5. The average Bonchev–Trinajstić information content (AvgIpc) is 3.02. The van der Waals surface area contributed by atoms with Crippen LogP contribution < -0.4 is 16.6 Å². The van der Waals surface area contributed by atoms with Crippen molar-refractivity contribution in [3.63, 3.8) is 0 Å². The maximum absolute atomic E-state index is 12.3. The fraction of sp³-hybridized carbons (Fsp3) is 0.353. The molecule has 136 valence electrons. The zero-order chi connectivity index (χ0) is 19.0. The summed E-state index contributed by atoms with van der Waals surface area (Å²) in [5.41, 5.74) is 1.05. The SMILES string of the molecule is CC(C)c1ccc(NC(=O)Cn2nnc3c2c(=O)n(C)c(=O)n3C)cc1. The number of aromatic nitrogens is 5. The molecule has 2 heterocycles. The first-order valence-electron chi connectivity index (χ1n) is 8.18. The minimum Gasteiger partial charge on any atom is -0.324 e. The Hall–Kier alpha value is -3.23. The molecule has 1 amide bonds. The van der Waals surface area contributed by atoms with Gasteiger partial charge < -0.3 is 5.32 Å². The summed E-state index contributed by atoms with van der Waals surface area (Å²) in [6, 6.07) is 7.57. The third-order valence-electron chi connectivity index (χ3n) is 4.27. The molecule has 0 aliphatic carbocycles. The molecule has 0 unspecified atom stereocenters. The highest BCUT2D eigenvalue weighted by atomic mass is 16.2. The van der Waals surface area contributed by atoms with E-state index in [1.54, 1.807) is 0 Å². The molecule has 0 aliphatic heterocycles. The molecule has 0 saturated carbocycles. The van der Waals surface area contributed by atoms with Crippen molar-refractivity contribution in [3.05, 3.63) is 50.7 Å². The molecular formula is C17H20N6O3. The molecule has 26 heavy (non-hydrogen) atoms. The average molecular weight is 356 g/mol. The van der Waals surface area contributed by atoms with Crippen LogP contribution >= 0.6 is 0 Å². The molecule has 3 aromatic rings. The van der Waals surface area contributed by atoms with E-state index < -0.39 is 11.2 Å². The van der Waals surface area contributed by atoms with Crippen LogP contribution in [-0.4, -0.2) is 30.0 Å². The summed E-state index contributed by atoms with van der Waals surface area (Å²) >= 11 is 0. The van der Waals surface area contributed by atoms with Crippen LogP contribution in [0.2, 0.25) is 0 Å². The van der Waals surface area contributed by atoms with E-state index in [0.29, 0.717) is 11.6 Å². The molecule has 9 nitrogen and oxygen atoms in total. The van der Waals surface area contributed by atoms with E-state index in [-0.39, 0.29) is 23.6 Å². The van der Waals surface area contributed by atoms with Crippen molar-refractivity contribution in [2.45, 2.75) is 26.3 Å². The summed E-state index contributed by atoms with van der Waals surface area (Å²) in [6.07, 6.45) is 0. The van der Waals surface area contributed by atoms with Gasteiger partial charge >= 0.3 is 5.69 Å². The number of aryl methyl sites for hydroxylation is 1. The van der Waals surface area contributed by atoms with E-state index >= 15 is 0 Å². The Bertz CT molecular complexity index is 1090. The number of fused-ring (bicyclic) bond motifs is 1. The maximum Gasteiger partial charge on any atom is 0.332 e. The third-order valence-corrected chi connectivity index (χ3v) is 4.27. The minimum atomic E-state index is -0.540. The molecule has 0 spiro atoms. The highest BCUT2D eigenvalue weighted by Crippen LogP contribution is 2.17. The molecule has 1 aromatic carbocycles. The largest absolute Gasteiger partial charge is 0.332 e. The van der Waals surface area contributed by atoms with Gasteiger partial charge in [0.25, 0.3) is 5.56 Å². The van der Waals surface area contributed by atoms with Gasteiger partial charge in [0.05, 0.1) is 0 Å².